The quantitative estimate of drug-likeness (QED) is 0.895. The topological polar surface area (TPSA) is 78.2 Å². The van der Waals surface area contributed by atoms with Gasteiger partial charge in [-0.05, 0) is 31.4 Å². The number of ether oxygens (including phenoxy) is 1. The third kappa shape index (κ3) is 4.13. The Morgan fingerprint density at radius 2 is 2.15 bits per heavy atom. The SMILES string of the molecule is Cc1ccn(CC2CCCO2)c(=O)c1C(=O)Nc1cc(C(C)(C)C)nn1C. The molecule has 146 valence electrons. The van der Waals surface area contributed by atoms with Gasteiger partial charge in [-0.3, -0.25) is 14.3 Å². The molecule has 0 saturated carbocycles. The zero-order valence-electron chi connectivity index (χ0n) is 16.7. The Morgan fingerprint density at radius 1 is 1.41 bits per heavy atom. The summed E-state index contributed by atoms with van der Waals surface area (Å²) < 4.78 is 8.81. The number of anilines is 1. The van der Waals surface area contributed by atoms with E-state index in [1.807, 2.05) is 6.07 Å². The van der Waals surface area contributed by atoms with Gasteiger partial charge in [0.05, 0.1) is 18.3 Å². The molecule has 2 aromatic heterocycles. The monoisotopic (exact) mass is 372 g/mol. The van der Waals surface area contributed by atoms with Crippen molar-refractivity contribution in [3.05, 3.63) is 45.5 Å². The average Bonchev–Trinajstić information content (AvgIpc) is 3.20. The number of nitrogens with one attached hydrogen (secondary N) is 1. The number of hydrogen-bond acceptors (Lipinski definition) is 4. The number of hydrogen-bond donors (Lipinski definition) is 1. The summed E-state index contributed by atoms with van der Waals surface area (Å²) in [5.41, 5.74) is 1.27. The maximum Gasteiger partial charge on any atom is 0.263 e. The van der Waals surface area contributed by atoms with E-state index in [1.165, 1.54) is 0 Å². The van der Waals surface area contributed by atoms with Gasteiger partial charge in [0.15, 0.2) is 0 Å². The van der Waals surface area contributed by atoms with Gasteiger partial charge in [-0.1, -0.05) is 20.8 Å². The first-order valence-corrected chi connectivity index (χ1v) is 9.34. The Kier molecular flexibility index (Phi) is 5.24. The highest BCUT2D eigenvalue weighted by molar-refractivity contribution is 6.04. The molecule has 3 rings (SSSR count). The van der Waals surface area contributed by atoms with Crippen molar-refractivity contribution in [1.29, 1.82) is 0 Å². The predicted octanol–water partition coefficient (Wildman–Crippen LogP) is 2.62. The Hall–Kier alpha value is -2.41. The number of carbonyl (C=O) groups excluding carboxylic acids is 1. The lowest BCUT2D eigenvalue weighted by atomic mass is 9.92. The summed E-state index contributed by atoms with van der Waals surface area (Å²) in [5, 5.41) is 7.30. The molecule has 1 unspecified atom stereocenters. The van der Waals surface area contributed by atoms with Gasteiger partial charge in [0, 0.05) is 31.3 Å². The largest absolute Gasteiger partial charge is 0.376 e. The molecule has 0 spiro atoms. The van der Waals surface area contributed by atoms with Crippen molar-refractivity contribution in [2.45, 2.75) is 58.6 Å². The summed E-state index contributed by atoms with van der Waals surface area (Å²) in [4.78, 5) is 25.7. The third-order valence-corrected chi connectivity index (χ3v) is 4.91. The second-order valence-electron chi connectivity index (χ2n) is 8.21. The minimum Gasteiger partial charge on any atom is -0.376 e. The molecule has 0 aliphatic carbocycles. The van der Waals surface area contributed by atoms with E-state index in [0.717, 1.165) is 25.1 Å². The normalized spacial score (nSPS) is 17.3. The van der Waals surface area contributed by atoms with E-state index in [1.54, 1.807) is 35.5 Å². The first kappa shape index (κ1) is 19.4. The molecule has 0 aromatic carbocycles. The maximum atomic E-state index is 12.9. The maximum absolute atomic E-state index is 12.9. The van der Waals surface area contributed by atoms with Crippen LogP contribution in [0.15, 0.2) is 23.1 Å². The minimum absolute atomic E-state index is 0.0349. The fourth-order valence-electron chi connectivity index (χ4n) is 3.22. The smallest absolute Gasteiger partial charge is 0.263 e. The third-order valence-electron chi connectivity index (χ3n) is 4.91. The van der Waals surface area contributed by atoms with E-state index in [4.69, 9.17) is 4.74 Å². The summed E-state index contributed by atoms with van der Waals surface area (Å²) in [6, 6.07) is 3.65. The van der Waals surface area contributed by atoms with E-state index in [9.17, 15) is 9.59 Å². The van der Waals surface area contributed by atoms with E-state index in [2.05, 4.69) is 31.2 Å². The first-order chi connectivity index (χ1) is 12.7. The number of pyridine rings is 1. The van der Waals surface area contributed by atoms with Crippen molar-refractivity contribution in [2.75, 3.05) is 11.9 Å². The van der Waals surface area contributed by atoms with Gasteiger partial charge in [-0.25, -0.2) is 0 Å². The molecule has 7 heteroatoms. The number of amides is 1. The first-order valence-electron chi connectivity index (χ1n) is 9.34. The van der Waals surface area contributed by atoms with Crippen LogP contribution in [0.4, 0.5) is 5.82 Å². The Balaban J connectivity index is 1.86. The van der Waals surface area contributed by atoms with Crippen LogP contribution in [0.1, 0.15) is 55.2 Å². The minimum atomic E-state index is -0.414. The standard InChI is InChI=1S/C20H28N4O3/c1-13-8-9-24(12-14-7-6-10-27-14)19(26)17(13)18(25)21-16-11-15(20(2,3)4)22-23(16)5/h8-9,11,14H,6-7,10,12H2,1-5H3,(H,21,25). The van der Waals surface area contributed by atoms with E-state index < -0.39 is 5.91 Å². The lowest BCUT2D eigenvalue weighted by Crippen LogP contribution is -2.33. The van der Waals surface area contributed by atoms with Crippen LogP contribution in [-0.2, 0) is 23.7 Å². The van der Waals surface area contributed by atoms with E-state index in [0.29, 0.717) is 17.9 Å². The van der Waals surface area contributed by atoms with Crippen LogP contribution in [0.25, 0.3) is 0 Å². The highest BCUT2D eigenvalue weighted by Gasteiger charge is 2.23. The molecule has 1 amide bonds. The van der Waals surface area contributed by atoms with Gasteiger partial charge in [0.2, 0.25) is 0 Å². The molecule has 7 nitrogen and oxygen atoms in total. The van der Waals surface area contributed by atoms with Crippen LogP contribution < -0.4 is 10.9 Å². The van der Waals surface area contributed by atoms with Crippen molar-refractivity contribution in [2.24, 2.45) is 7.05 Å². The Labute approximate surface area is 159 Å². The number of rotatable bonds is 4. The lowest BCUT2D eigenvalue weighted by molar-refractivity contribution is 0.0952. The lowest BCUT2D eigenvalue weighted by Gasteiger charge is -2.14. The summed E-state index contributed by atoms with van der Waals surface area (Å²) in [6.45, 7) is 9.16. The number of carbonyl (C=O) groups is 1. The molecule has 1 aliphatic heterocycles. The summed E-state index contributed by atoms with van der Waals surface area (Å²) in [5.74, 6) is 0.154. The van der Waals surface area contributed by atoms with Crippen LogP contribution in [-0.4, -0.2) is 33.0 Å². The number of aromatic nitrogens is 3. The van der Waals surface area contributed by atoms with Crippen molar-refractivity contribution in [1.82, 2.24) is 14.3 Å². The molecule has 27 heavy (non-hydrogen) atoms. The van der Waals surface area contributed by atoms with Gasteiger partial charge >= 0.3 is 0 Å². The second-order valence-corrected chi connectivity index (χ2v) is 8.21. The summed E-state index contributed by atoms with van der Waals surface area (Å²) in [6.07, 6.45) is 3.72. The molecule has 0 radical (unpaired) electrons. The molecule has 3 heterocycles. The van der Waals surface area contributed by atoms with Gasteiger partial charge in [-0.15, -0.1) is 0 Å². The number of aryl methyl sites for hydroxylation is 2. The average molecular weight is 372 g/mol. The molecular weight excluding hydrogens is 344 g/mol. The highest BCUT2D eigenvalue weighted by Crippen LogP contribution is 2.23. The van der Waals surface area contributed by atoms with Gasteiger partial charge in [-0.2, -0.15) is 5.10 Å². The van der Waals surface area contributed by atoms with Gasteiger partial charge in [0.1, 0.15) is 11.4 Å². The molecule has 1 atom stereocenters. The van der Waals surface area contributed by atoms with Crippen LogP contribution in [0.5, 0.6) is 0 Å². The van der Waals surface area contributed by atoms with Crippen molar-refractivity contribution >= 4 is 11.7 Å². The Morgan fingerprint density at radius 3 is 2.74 bits per heavy atom. The van der Waals surface area contributed by atoms with E-state index in [-0.39, 0.29) is 22.6 Å². The number of nitrogens with zero attached hydrogens (tertiary/aromatic N) is 3. The highest BCUT2D eigenvalue weighted by atomic mass is 16.5. The van der Waals surface area contributed by atoms with Crippen LogP contribution >= 0.6 is 0 Å². The van der Waals surface area contributed by atoms with Crippen molar-refractivity contribution in [3.63, 3.8) is 0 Å². The molecule has 2 aromatic rings. The zero-order chi connectivity index (χ0) is 19.8. The summed E-state index contributed by atoms with van der Waals surface area (Å²) in [7, 11) is 1.78. The fraction of sp³-hybridized carbons (Fsp3) is 0.550. The van der Waals surface area contributed by atoms with Crippen LogP contribution in [0.3, 0.4) is 0 Å². The summed E-state index contributed by atoms with van der Waals surface area (Å²) >= 11 is 0. The van der Waals surface area contributed by atoms with Gasteiger partial charge in [0.25, 0.3) is 11.5 Å². The molecular formula is C20H28N4O3. The molecule has 1 saturated heterocycles. The molecule has 1 aliphatic rings. The fourth-order valence-corrected chi connectivity index (χ4v) is 3.22. The van der Waals surface area contributed by atoms with Crippen molar-refractivity contribution < 1.29 is 9.53 Å². The van der Waals surface area contributed by atoms with Crippen molar-refractivity contribution in [3.8, 4) is 0 Å². The molecule has 1 N–H and O–H groups in total. The second kappa shape index (κ2) is 7.31. The predicted molar refractivity (Wildman–Crippen MR) is 104 cm³/mol. The zero-order valence-corrected chi connectivity index (χ0v) is 16.7. The molecule has 0 bridgehead atoms. The van der Waals surface area contributed by atoms with E-state index >= 15 is 0 Å². The van der Waals surface area contributed by atoms with Crippen LogP contribution in [0.2, 0.25) is 0 Å². The Bertz CT molecular complexity index is 899. The van der Waals surface area contributed by atoms with Crippen LogP contribution in [0, 0.1) is 6.92 Å². The molecule has 1 fully saturated rings. The van der Waals surface area contributed by atoms with Gasteiger partial charge < -0.3 is 14.6 Å².